The van der Waals surface area contributed by atoms with E-state index < -0.39 is 5.97 Å². The van der Waals surface area contributed by atoms with Gasteiger partial charge in [0, 0.05) is 20.3 Å². The number of ether oxygens (including phenoxy) is 1. The summed E-state index contributed by atoms with van der Waals surface area (Å²) in [6.07, 6.45) is 3.05. The van der Waals surface area contributed by atoms with E-state index in [0.29, 0.717) is 11.5 Å². The largest absolute Gasteiger partial charge is 0.454 e. The zero-order valence-electron chi connectivity index (χ0n) is 13.8. The lowest BCUT2D eigenvalue weighted by molar-refractivity contribution is 0.0462. The van der Waals surface area contributed by atoms with E-state index in [1.54, 1.807) is 29.9 Å². The van der Waals surface area contributed by atoms with Crippen molar-refractivity contribution in [3.8, 4) is 5.69 Å². The Bertz CT molecular complexity index is 877. The molecule has 3 aromatic rings. The van der Waals surface area contributed by atoms with Gasteiger partial charge < -0.3 is 15.4 Å². The Labute approximate surface area is 144 Å². The van der Waals surface area contributed by atoms with Crippen LogP contribution in [0.5, 0.6) is 0 Å². The van der Waals surface area contributed by atoms with Crippen LogP contribution < -0.4 is 10.6 Å². The van der Waals surface area contributed by atoms with Crippen LogP contribution in [0, 0.1) is 0 Å². The SMILES string of the molecule is CN(C)c1nc(N)nc(COC(=O)c2cnn(-c3ccccc3)c2)n1. The fraction of sp³-hybridized carbons (Fsp3) is 0.188. The highest BCUT2D eigenvalue weighted by atomic mass is 16.5. The predicted molar refractivity (Wildman–Crippen MR) is 91.2 cm³/mol. The minimum atomic E-state index is -0.521. The summed E-state index contributed by atoms with van der Waals surface area (Å²) < 4.78 is 6.83. The summed E-state index contributed by atoms with van der Waals surface area (Å²) in [4.78, 5) is 26.0. The quantitative estimate of drug-likeness (QED) is 0.687. The molecule has 25 heavy (non-hydrogen) atoms. The fourth-order valence-corrected chi connectivity index (χ4v) is 2.05. The van der Waals surface area contributed by atoms with Crippen LogP contribution in [0.25, 0.3) is 5.69 Å². The average Bonchev–Trinajstić information content (AvgIpc) is 3.10. The summed E-state index contributed by atoms with van der Waals surface area (Å²) in [5.41, 5.74) is 6.82. The highest BCUT2D eigenvalue weighted by Crippen LogP contribution is 2.10. The number of hydrogen-bond acceptors (Lipinski definition) is 8. The van der Waals surface area contributed by atoms with Crippen LogP contribution in [0.4, 0.5) is 11.9 Å². The Morgan fingerprint density at radius 2 is 1.96 bits per heavy atom. The van der Waals surface area contributed by atoms with Crippen LogP contribution in [-0.4, -0.2) is 44.8 Å². The molecule has 0 aliphatic heterocycles. The number of nitrogen functional groups attached to an aromatic ring is 1. The van der Waals surface area contributed by atoms with E-state index in [1.165, 1.54) is 6.20 Å². The number of para-hydroxylation sites is 1. The third kappa shape index (κ3) is 3.89. The van der Waals surface area contributed by atoms with Crippen molar-refractivity contribution in [1.82, 2.24) is 24.7 Å². The molecule has 0 atom stereocenters. The Morgan fingerprint density at radius 3 is 2.68 bits per heavy atom. The highest BCUT2D eigenvalue weighted by Gasteiger charge is 2.13. The number of carbonyl (C=O) groups is 1. The molecule has 0 bridgehead atoms. The van der Waals surface area contributed by atoms with Gasteiger partial charge in [-0.2, -0.15) is 20.1 Å². The van der Waals surface area contributed by atoms with Crippen molar-refractivity contribution in [3.63, 3.8) is 0 Å². The van der Waals surface area contributed by atoms with Crippen LogP contribution in [0.2, 0.25) is 0 Å². The van der Waals surface area contributed by atoms with Crippen molar-refractivity contribution in [2.45, 2.75) is 6.61 Å². The van der Waals surface area contributed by atoms with Gasteiger partial charge in [0.05, 0.1) is 17.4 Å². The van der Waals surface area contributed by atoms with Crippen molar-refractivity contribution in [3.05, 3.63) is 54.1 Å². The molecule has 0 saturated carbocycles. The molecule has 1 aromatic carbocycles. The molecule has 0 aliphatic rings. The third-order valence-corrected chi connectivity index (χ3v) is 3.26. The van der Waals surface area contributed by atoms with Crippen LogP contribution in [0.1, 0.15) is 16.2 Å². The molecule has 0 amide bonds. The van der Waals surface area contributed by atoms with E-state index in [0.717, 1.165) is 5.69 Å². The molecule has 0 radical (unpaired) electrons. The molecule has 0 aliphatic carbocycles. The summed E-state index contributed by atoms with van der Waals surface area (Å²) in [7, 11) is 3.56. The second kappa shape index (κ2) is 6.95. The van der Waals surface area contributed by atoms with Crippen molar-refractivity contribution >= 4 is 17.9 Å². The predicted octanol–water partition coefficient (Wildman–Crippen LogP) is 1.06. The summed E-state index contributed by atoms with van der Waals surface area (Å²) in [6, 6.07) is 9.46. The van der Waals surface area contributed by atoms with Gasteiger partial charge in [-0.3, -0.25) is 0 Å². The van der Waals surface area contributed by atoms with E-state index in [1.807, 2.05) is 30.3 Å². The minimum absolute atomic E-state index is 0.0710. The first-order valence-corrected chi connectivity index (χ1v) is 7.48. The molecule has 0 spiro atoms. The number of anilines is 2. The molecule has 2 heterocycles. The molecular weight excluding hydrogens is 322 g/mol. The number of rotatable bonds is 5. The number of benzene rings is 1. The molecule has 9 heteroatoms. The maximum absolute atomic E-state index is 12.2. The fourth-order valence-electron chi connectivity index (χ4n) is 2.05. The monoisotopic (exact) mass is 339 g/mol. The van der Waals surface area contributed by atoms with Crippen LogP contribution in [0.3, 0.4) is 0 Å². The maximum Gasteiger partial charge on any atom is 0.341 e. The topological polar surface area (TPSA) is 112 Å². The molecule has 0 fully saturated rings. The van der Waals surface area contributed by atoms with Crippen molar-refractivity contribution in [1.29, 1.82) is 0 Å². The number of nitrogens with zero attached hydrogens (tertiary/aromatic N) is 6. The van der Waals surface area contributed by atoms with Gasteiger partial charge in [0.2, 0.25) is 11.9 Å². The van der Waals surface area contributed by atoms with Gasteiger partial charge in [-0.05, 0) is 12.1 Å². The van der Waals surface area contributed by atoms with Crippen molar-refractivity contribution < 1.29 is 9.53 Å². The minimum Gasteiger partial charge on any atom is -0.454 e. The van der Waals surface area contributed by atoms with Crippen molar-refractivity contribution in [2.24, 2.45) is 0 Å². The lowest BCUT2D eigenvalue weighted by atomic mass is 10.3. The van der Waals surface area contributed by atoms with Gasteiger partial charge in [0.25, 0.3) is 0 Å². The first kappa shape index (κ1) is 16.4. The average molecular weight is 339 g/mol. The van der Waals surface area contributed by atoms with E-state index in [-0.39, 0.29) is 18.4 Å². The number of hydrogen-bond donors (Lipinski definition) is 1. The summed E-state index contributed by atoms with van der Waals surface area (Å²) in [5.74, 6) is 0.227. The zero-order valence-corrected chi connectivity index (χ0v) is 13.8. The standard InChI is InChI=1S/C16H17N7O2/c1-22(2)16-20-13(19-15(17)21-16)10-25-14(24)11-8-18-23(9-11)12-6-4-3-5-7-12/h3-9H,10H2,1-2H3,(H2,17,19,20,21). The molecule has 9 nitrogen and oxygen atoms in total. The summed E-state index contributed by atoms with van der Waals surface area (Å²) >= 11 is 0. The third-order valence-electron chi connectivity index (χ3n) is 3.26. The second-order valence-corrected chi connectivity index (χ2v) is 5.39. The normalized spacial score (nSPS) is 10.5. The molecule has 3 rings (SSSR count). The first-order chi connectivity index (χ1) is 12.0. The number of aromatic nitrogens is 5. The Balaban J connectivity index is 1.68. The second-order valence-electron chi connectivity index (χ2n) is 5.39. The Kier molecular flexibility index (Phi) is 4.55. The van der Waals surface area contributed by atoms with Gasteiger partial charge in [-0.15, -0.1) is 0 Å². The van der Waals surface area contributed by atoms with Gasteiger partial charge in [0.15, 0.2) is 12.4 Å². The molecular formula is C16H17N7O2. The number of esters is 1. The first-order valence-electron chi connectivity index (χ1n) is 7.48. The number of nitrogens with two attached hydrogens (primary N) is 1. The maximum atomic E-state index is 12.2. The van der Waals surface area contributed by atoms with E-state index in [9.17, 15) is 4.79 Å². The molecule has 0 unspecified atom stereocenters. The highest BCUT2D eigenvalue weighted by molar-refractivity contribution is 5.88. The van der Waals surface area contributed by atoms with Crippen LogP contribution >= 0.6 is 0 Å². The molecule has 2 aromatic heterocycles. The van der Waals surface area contributed by atoms with Crippen LogP contribution in [-0.2, 0) is 11.3 Å². The molecule has 0 saturated heterocycles. The zero-order chi connectivity index (χ0) is 17.8. The Hall–Kier alpha value is -3.49. The van der Waals surface area contributed by atoms with Gasteiger partial charge >= 0.3 is 5.97 Å². The smallest absolute Gasteiger partial charge is 0.341 e. The van der Waals surface area contributed by atoms with Gasteiger partial charge in [0.1, 0.15) is 0 Å². The Morgan fingerprint density at radius 1 is 1.20 bits per heavy atom. The summed E-state index contributed by atoms with van der Waals surface area (Å²) in [6.45, 7) is -0.108. The summed E-state index contributed by atoms with van der Waals surface area (Å²) in [5, 5.41) is 4.16. The van der Waals surface area contributed by atoms with E-state index >= 15 is 0 Å². The van der Waals surface area contributed by atoms with Gasteiger partial charge in [-0.25, -0.2) is 9.48 Å². The molecule has 128 valence electrons. The van der Waals surface area contributed by atoms with E-state index in [2.05, 4.69) is 20.1 Å². The number of carbonyl (C=O) groups excluding carboxylic acids is 1. The van der Waals surface area contributed by atoms with Crippen LogP contribution in [0.15, 0.2) is 42.7 Å². The molecule has 2 N–H and O–H groups in total. The van der Waals surface area contributed by atoms with E-state index in [4.69, 9.17) is 10.5 Å². The lowest BCUT2D eigenvalue weighted by Crippen LogP contribution is -2.17. The lowest BCUT2D eigenvalue weighted by Gasteiger charge is -2.11. The van der Waals surface area contributed by atoms with Crippen molar-refractivity contribution in [2.75, 3.05) is 24.7 Å². The van der Waals surface area contributed by atoms with Gasteiger partial charge in [-0.1, -0.05) is 18.2 Å².